The van der Waals surface area contributed by atoms with Gasteiger partial charge in [0.2, 0.25) is 0 Å². The molecule has 1 aromatic carbocycles. The van der Waals surface area contributed by atoms with E-state index in [2.05, 4.69) is 20.5 Å². The SMILES string of the molecule is CC1(C)OC(=C2C(=O)Nc3ccc(F)cc32)C=C1c1ccc(NCCN2CCCCC2)nc1. The summed E-state index contributed by atoms with van der Waals surface area (Å²) in [5.41, 5.74) is 2.67. The number of nitrogens with zero attached hydrogens (tertiary/aromatic N) is 2. The Morgan fingerprint density at radius 3 is 2.76 bits per heavy atom. The Balaban J connectivity index is 1.35. The molecule has 1 amide bonds. The minimum atomic E-state index is -0.649. The Hall–Kier alpha value is -3.19. The first-order chi connectivity index (χ1) is 15.9. The van der Waals surface area contributed by atoms with Crippen molar-refractivity contribution in [3.8, 4) is 0 Å². The van der Waals surface area contributed by atoms with E-state index in [9.17, 15) is 9.18 Å². The number of nitrogens with one attached hydrogen (secondary N) is 2. The molecule has 5 rings (SSSR count). The van der Waals surface area contributed by atoms with Crippen LogP contribution in [0, 0.1) is 5.82 Å². The number of amides is 1. The summed E-state index contributed by atoms with van der Waals surface area (Å²) in [6, 6.07) is 8.26. The van der Waals surface area contributed by atoms with Gasteiger partial charge in [-0.25, -0.2) is 9.37 Å². The van der Waals surface area contributed by atoms with Gasteiger partial charge in [-0.15, -0.1) is 0 Å². The zero-order chi connectivity index (χ0) is 23.0. The predicted octanol–water partition coefficient (Wildman–Crippen LogP) is 4.67. The van der Waals surface area contributed by atoms with Crippen molar-refractivity contribution in [2.45, 2.75) is 38.7 Å². The molecular weight excluding hydrogens is 419 g/mol. The number of ether oxygens (including phenoxy) is 1. The zero-order valence-corrected chi connectivity index (χ0v) is 19.1. The number of anilines is 2. The fraction of sp³-hybridized carbons (Fsp3) is 0.385. The normalized spacial score (nSPS) is 21.9. The number of allylic oxidation sites excluding steroid dienone is 1. The number of hydrogen-bond acceptors (Lipinski definition) is 5. The Morgan fingerprint density at radius 2 is 2.00 bits per heavy atom. The van der Waals surface area contributed by atoms with Crippen molar-refractivity contribution in [2.24, 2.45) is 0 Å². The molecule has 1 aromatic heterocycles. The number of fused-ring (bicyclic) bond motifs is 1. The Labute approximate surface area is 193 Å². The quantitative estimate of drug-likeness (QED) is 0.651. The highest BCUT2D eigenvalue weighted by Crippen LogP contribution is 2.44. The standard InChI is InChI=1S/C26H29FN4O2/c1-26(2)20(15-22(33-26)24-19-14-18(27)7-8-21(19)30-25(24)32)17-6-9-23(29-16-17)28-10-13-31-11-4-3-5-12-31/h6-9,14-16H,3-5,10-13H2,1-2H3,(H,28,29)(H,30,32). The fourth-order valence-electron chi connectivity index (χ4n) is 4.79. The third kappa shape index (κ3) is 4.37. The molecule has 1 saturated heterocycles. The third-order valence-corrected chi connectivity index (χ3v) is 6.52. The molecule has 0 radical (unpaired) electrons. The van der Waals surface area contributed by atoms with Crippen LogP contribution >= 0.6 is 0 Å². The number of pyridine rings is 1. The number of aromatic nitrogens is 1. The molecule has 3 aliphatic heterocycles. The van der Waals surface area contributed by atoms with E-state index in [0.29, 0.717) is 22.6 Å². The highest BCUT2D eigenvalue weighted by Gasteiger charge is 2.38. The summed E-state index contributed by atoms with van der Waals surface area (Å²) in [4.78, 5) is 19.7. The van der Waals surface area contributed by atoms with Crippen LogP contribution in [0.1, 0.15) is 44.2 Å². The highest BCUT2D eigenvalue weighted by molar-refractivity contribution is 6.32. The van der Waals surface area contributed by atoms with Crippen molar-refractivity contribution in [3.05, 3.63) is 65.3 Å². The van der Waals surface area contributed by atoms with Crippen LogP contribution in [0.2, 0.25) is 0 Å². The van der Waals surface area contributed by atoms with E-state index in [4.69, 9.17) is 4.74 Å². The lowest BCUT2D eigenvalue weighted by atomic mass is 9.93. The van der Waals surface area contributed by atoms with Crippen molar-refractivity contribution >= 4 is 28.6 Å². The monoisotopic (exact) mass is 448 g/mol. The molecule has 0 aliphatic carbocycles. The summed E-state index contributed by atoms with van der Waals surface area (Å²) in [7, 11) is 0. The summed E-state index contributed by atoms with van der Waals surface area (Å²) in [6.45, 7) is 8.17. The number of piperidine rings is 1. The van der Waals surface area contributed by atoms with Crippen LogP contribution in [-0.2, 0) is 9.53 Å². The number of carbonyl (C=O) groups is 1. The Morgan fingerprint density at radius 1 is 1.18 bits per heavy atom. The van der Waals surface area contributed by atoms with Gasteiger partial charge in [0.05, 0.1) is 5.57 Å². The average molecular weight is 449 g/mol. The molecule has 0 bridgehead atoms. The maximum Gasteiger partial charge on any atom is 0.260 e. The number of halogens is 1. The van der Waals surface area contributed by atoms with Gasteiger partial charge in [-0.1, -0.05) is 6.42 Å². The van der Waals surface area contributed by atoms with Gasteiger partial charge in [-0.3, -0.25) is 4.79 Å². The molecule has 3 aliphatic rings. The maximum absolute atomic E-state index is 13.8. The number of hydrogen-bond donors (Lipinski definition) is 2. The van der Waals surface area contributed by atoms with Gasteiger partial charge in [0, 0.05) is 41.7 Å². The minimum Gasteiger partial charge on any atom is -0.482 e. The van der Waals surface area contributed by atoms with Gasteiger partial charge in [0.1, 0.15) is 23.0 Å². The molecule has 0 unspecified atom stereocenters. The lowest BCUT2D eigenvalue weighted by molar-refractivity contribution is -0.111. The highest BCUT2D eigenvalue weighted by atomic mass is 19.1. The molecule has 33 heavy (non-hydrogen) atoms. The molecule has 0 spiro atoms. The molecule has 0 saturated carbocycles. The zero-order valence-electron chi connectivity index (χ0n) is 19.1. The van der Waals surface area contributed by atoms with Crippen molar-refractivity contribution in [2.75, 3.05) is 36.8 Å². The van der Waals surface area contributed by atoms with Gasteiger partial charge in [0.15, 0.2) is 0 Å². The molecule has 6 nitrogen and oxygen atoms in total. The van der Waals surface area contributed by atoms with Crippen LogP contribution < -0.4 is 10.6 Å². The van der Waals surface area contributed by atoms with Crippen LogP contribution in [0.4, 0.5) is 15.9 Å². The van der Waals surface area contributed by atoms with E-state index in [1.54, 1.807) is 6.07 Å². The lowest BCUT2D eigenvalue weighted by Crippen LogP contribution is -2.33. The number of carbonyl (C=O) groups excluding carboxylic acids is 1. The van der Waals surface area contributed by atoms with E-state index < -0.39 is 11.4 Å². The topological polar surface area (TPSA) is 66.5 Å². The molecule has 0 atom stereocenters. The smallest absolute Gasteiger partial charge is 0.260 e. The number of benzene rings is 1. The van der Waals surface area contributed by atoms with E-state index >= 15 is 0 Å². The molecule has 172 valence electrons. The summed E-state index contributed by atoms with van der Waals surface area (Å²) in [5, 5.41) is 6.19. The molecule has 2 N–H and O–H groups in total. The molecule has 4 heterocycles. The molecule has 7 heteroatoms. The van der Waals surface area contributed by atoms with E-state index in [1.165, 1.54) is 44.5 Å². The van der Waals surface area contributed by atoms with Crippen molar-refractivity contribution in [1.82, 2.24) is 9.88 Å². The van der Waals surface area contributed by atoms with Crippen LogP contribution in [0.3, 0.4) is 0 Å². The second kappa shape index (κ2) is 8.63. The number of likely N-dealkylation sites (tertiary alicyclic amines) is 1. The van der Waals surface area contributed by atoms with Crippen LogP contribution in [-0.4, -0.2) is 47.6 Å². The van der Waals surface area contributed by atoms with Gasteiger partial charge in [-0.05, 0) is 76.2 Å². The van der Waals surface area contributed by atoms with Crippen LogP contribution in [0.15, 0.2) is 48.4 Å². The van der Waals surface area contributed by atoms with Gasteiger partial charge in [0.25, 0.3) is 5.91 Å². The Bertz CT molecular complexity index is 1130. The van der Waals surface area contributed by atoms with Gasteiger partial charge in [-0.2, -0.15) is 0 Å². The van der Waals surface area contributed by atoms with E-state index in [1.807, 2.05) is 38.3 Å². The molecule has 2 aromatic rings. The molecule has 1 fully saturated rings. The van der Waals surface area contributed by atoms with Gasteiger partial charge >= 0.3 is 0 Å². The van der Waals surface area contributed by atoms with Crippen LogP contribution in [0.5, 0.6) is 0 Å². The summed E-state index contributed by atoms with van der Waals surface area (Å²) < 4.78 is 20.0. The second-order valence-electron chi connectivity index (χ2n) is 9.31. The molecular formula is C26H29FN4O2. The maximum atomic E-state index is 13.8. The lowest BCUT2D eigenvalue weighted by Gasteiger charge is -2.26. The van der Waals surface area contributed by atoms with Crippen molar-refractivity contribution in [3.63, 3.8) is 0 Å². The van der Waals surface area contributed by atoms with Gasteiger partial charge < -0.3 is 20.3 Å². The minimum absolute atomic E-state index is 0.287. The van der Waals surface area contributed by atoms with E-state index in [-0.39, 0.29) is 5.91 Å². The van der Waals surface area contributed by atoms with E-state index in [0.717, 1.165) is 30.0 Å². The summed E-state index contributed by atoms with van der Waals surface area (Å²) in [5.74, 6) is 0.606. The first kappa shape index (κ1) is 21.6. The number of rotatable bonds is 5. The Kier molecular flexibility index (Phi) is 5.66. The predicted molar refractivity (Wildman–Crippen MR) is 128 cm³/mol. The largest absolute Gasteiger partial charge is 0.482 e. The van der Waals surface area contributed by atoms with Crippen LogP contribution in [0.25, 0.3) is 11.1 Å². The third-order valence-electron chi connectivity index (χ3n) is 6.52. The van der Waals surface area contributed by atoms with Crippen molar-refractivity contribution in [1.29, 1.82) is 0 Å². The fourth-order valence-corrected chi connectivity index (χ4v) is 4.79. The second-order valence-corrected chi connectivity index (χ2v) is 9.31. The first-order valence-corrected chi connectivity index (χ1v) is 11.6. The summed E-state index contributed by atoms with van der Waals surface area (Å²) in [6.07, 6.45) is 7.63. The van der Waals surface area contributed by atoms with Crippen molar-refractivity contribution < 1.29 is 13.9 Å². The summed E-state index contributed by atoms with van der Waals surface area (Å²) >= 11 is 0. The first-order valence-electron chi connectivity index (χ1n) is 11.6. The average Bonchev–Trinajstić information content (AvgIpc) is 3.29.